The van der Waals surface area contributed by atoms with E-state index in [2.05, 4.69) is 15.6 Å². The van der Waals surface area contributed by atoms with Crippen LogP contribution < -0.4 is 10.2 Å². The van der Waals surface area contributed by atoms with Crippen molar-refractivity contribution >= 4 is 11.6 Å². The molecular weight excluding hydrogens is 292 g/mol. The highest BCUT2D eigenvalue weighted by molar-refractivity contribution is 5.98. The number of aromatic nitrogens is 2. The lowest BCUT2D eigenvalue weighted by Crippen LogP contribution is -2.26. The molecule has 0 fully saturated rings. The van der Waals surface area contributed by atoms with Crippen LogP contribution in [0, 0.1) is 6.92 Å². The highest BCUT2D eigenvalue weighted by Crippen LogP contribution is 2.17. The number of para-hydroxylation sites is 1. The number of carbonyl (C=O) groups is 1. The van der Waals surface area contributed by atoms with E-state index < -0.39 is 0 Å². The third kappa shape index (κ3) is 4.42. The van der Waals surface area contributed by atoms with Crippen molar-refractivity contribution in [2.45, 2.75) is 27.2 Å². The molecule has 6 nitrogen and oxygen atoms in total. The molecule has 0 aliphatic rings. The van der Waals surface area contributed by atoms with Gasteiger partial charge >= 0.3 is 0 Å². The second-order valence-corrected chi connectivity index (χ2v) is 5.32. The maximum absolute atomic E-state index is 11.9. The van der Waals surface area contributed by atoms with Crippen LogP contribution in [0.1, 0.15) is 30.7 Å². The molecule has 1 N–H and O–H groups in total. The Hall–Kier alpha value is -2.63. The molecule has 0 bridgehead atoms. The summed E-state index contributed by atoms with van der Waals surface area (Å²) in [4.78, 5) is 11.9. The van der Waals surface area contributed by atoms with Crippen LogP contribution in [0.25, 0.3) is 0 Å². The summed E-state index contributed by atoms with van der Waals surface area (Å²) in [6, 6.07) is 7.68. The summed E-state index contributed by atoms with van der Waals surface area (Å²) in [5, 5.41) is 8.39. The zero-order chi connectivity index (χ0) is 16.8. The Balaban J connectivity index is 1.92. The van der Waals surface area contributed by atoms with Crippen LogP contribution in [0.4, 0.5) is 0 Å². The molecule has 0 radical (unpaired) electrons. The van der Waals surface area contributed by atoms with Gasteiger partial charge in [-0.3, -0.25) is 9.48 Å². The maximum atomic E-state index is 11.9. The fraction of sp³-hybridized carbons (Fsp3) is 0.353. The summed E-state index contributed by atoms with van der Waals surface area (Å²) in [5.74, 6) is 0.426. The number of ether oxygens (including phenoxy) is 1. The number of hydrogen-bond acceptors (Lipinski definition) is 4. The first-order chi connectivity index (χ1) is 11.0. The molecule has 122 valence electrons. The van der Waals surface area contributed by atoms with Crippen molar-refractivity contribution in [3.05, 3.63) is 47.3 Å². The standard InChI is InChI=1S/C17H22N4O2/c1-5-14-8-6-7-9-15(14)23-11-16(22)19-18-13(3)17-12(2)10-21(4)20-17/h6-10H,5,11H2,1-4H3,(H,19,22). The minimum atomic E-state index is -0.302. The van der Waals surface area contributed by atoms with Crippen LogP contribution in [0.2, 0.25) is 0 Å². The third-order valence-corrected chi connectivity index (χ3v) is 3.42. The maximum Gasteiger partial charge on any atom is 0.277 e. The van der Waals surface area contributed by atoms with Crippen molar-refractivity contribution in [1.82, 2.24) is 15.2 Å². The van der Waals surface area contributed by atoms with Crippen LogP contribution in [0.15, 0.2) is 35.6 Å². The van der Waals surface area contributed by atoms with Crippen LogP contribution >= 0.6 is 0 Å². The molecule has 2 rings (SSSR count). The van der Waals surface area contributed by atoms with E-state index in [4.69, 9.17) is 4.74 Å². The van der Waals surface area contributed by atoms with E-state index in [1.165, 1.54) is 0 Å². The summed E-state index contributed by atoms with van der Waals surface area (Å²) in [6.45, 7) is 5.73. The molecule has 0 unspecified atom stereocenters. The molecule has 1 aromatic heterocycles. The molecule has 0 spiro atoms. The molecular formula is C17H22N4O2. The van der Waals surface area contributed by atoms with Crippen molar-refractivity contribution in [3.63, 3.8) is 0 Å². The number of nitrogens with zero attached hydrogens (tertiary/aromatic N) is 3. The topological polar surface area (TPSA) is 68.5 Å². The average molecular weight is 314 g/mol. The first-order valence-electron chi connectivity index (χ1n) is 7.55. The quantitative estimate of drug-likeness (QED) is 0.656. The molecule has 0 aliphatic heterocycles. The van der Waals surface area contributed by atoms with Crippen LogP contribution in [0.3, 0.4) is 0 Å². The SMILES string of the molecule is CCc1ccccc1OCC(=O)NN=C(C)c1nn(C)cc1C. The van der Waals surface area contributed by atoms with Gasteiger partial charge in [-0.2, -0.15) is 10.2 Å². The van der Waals surface area contributed by atoms with Crippen molar-refractivity contribution in [2.75, 3.05) is 6.61 Å². The van der Waals surface area contributed by atoms with Gasteiger partial charge in [0.1, 0.15) is 11.4 Å². The van der Waals surface area contributed by atoms with Gasteiger partial charge in [0.15, 0.2) is 6.61 Å². The van der Waals surface area contributed by atoms with E-state index in [0.29, 0.717) is 5.71 Å². The third-order valence-electron chi connectivity index (χ3n) is 3.42. The van der Waals surface area contributed by atoms with E-state index in [9.17, 15) is 4.79 Å². The number of carbonyl (C=O) groups excluding carboxylic acids is 1. The van der Waals surface area contributed by atoms with Crippen molar-refractivity contribution in [1.29, 1.82) is 0 Å². The second-order valence-electron chi connectivity index (χ2n) is 5.32. The molecule has 1 amide bonds. The smallest absolute Gasteiger partial charge is 0.277 e. The predicted octanol–water partition coefficient (Wildman–Crippen LogP) is 2.21. The summed E-state index contributed by atoms with van der Waals surface area (Å²) >= 11 is 0. The summed E-state index contributed by atoms with van der Waals surface area (Å²) in [7, 11) is 1.85. The zero-order valence-corrected chi connectivity index (χ0v) is 14.0. The number of nitrogens with one attached hydrogen (secondary N) is 1. The van der Waals surface area contributed by atoms with E-state index in [1.807, 2.05) is 58.3 Å². The Labute approximate surface area is 136 Å². The van der Waals surface area contributed by atoms with Gasteiger partial charge in [0.2, 0.25) is 0 Å². The van der Waals surface area contributed by atoms with Crippen molar-refractivity contribution in [2.24, 2.45) is 12.1 Å². The number of rotatable bonds is 6. The molecule has 0 aliphatic carbocycles. The fourth-order valence-electron chi connectivity index (χ4n) is 2.28. The monoisotopic (exact) mass is 314 g/mol. The molecule has 6 heteroatoms. The Bertz CT molecular complexity index is 719. The number of hydrazone groups is 1. The summed E-state index contributed by atoms with van der Waals surface area (Å²) < 4.78 is 7.27. The Morgan fingerprint density at radius 2 is 2.13 bits per heavy atom. The van der Waals surface area contributed by atoms with Crippen molar-refractivity contribution < 1.29 is 9.53 Å². The van der Waals surface area contributed by atoms with Crippen LogP contribution in [-0.2, 0) is 18.3 Å². The molecule has 23 heavy (non-hydrogen) atoms. The van der Waals surface area contributed by atoms with Crippen LogP contribution in [0.5, 0.6) is 5.75 Å². The van der Waals surface area contributed by atoms with Gasteiger partial charge in [0.05, 0.1) is 5.71 Å². The van der Waals surface area contributed by atoms with Gasteiger partial charge in [-0.05, 0) is 37.5 Å². The normalized spacial score (nSPS) is 11.4. The molecule has 0 saturated heterocycles. The fourth-order valence-corrected chi connectivity index (χ4v) is 2.28. The number of hydrogen-bond donors (Lipinski definition) is 1. The van der Waals surface area contributed by atoms with Crippen molar-refractivity contribution in [3.8, 4) is 5.75 Å². The zero-order valence-electron chi connectivity index (χ0n) is 14.0. The minimum Gasteiger partial charge on any atom is -0.483 e. The minimum absolute atomic E-state index is 0.0744. The van der Waals surface area contributed by atoms with Gasteiger partial charge in [-0.1, -0.05) is 25.1 Å². The van der Waals surface area contributed by atoms with Gasteiger partial charge < -0.3 is 4.74 Å². The lowest BCUT2D eigenvalue weighted by Gasteiger charge is -2.09. The Morgan fingerprint density at radius 1 is 1.39 bits per heavy atom. The Kier molecular flexibility index (Phi) is 5.51. The first kappa shape index (κ1) is 16.7. The average Bonchev–Trinajstić information content (AvgIpc) is 2.89. The first-order valence-corrected chi connectivity index (χ1v) is 7.55. The van der Waals surface area contributed by atoms with E-state index >= 15 is 0 Å². The van der Waals surface area contributed by atoms with Gasteiger partial charge in [0.25, 0.3) is 5.91 Å². The van der Waals surface area contributed by atoms with Gasteiger partial charge in [-0.25, -0.2) is 5.43 Å². The Morgan fingerprint density at radius 3 is 2.78 bits per heavy atom. The lowest BCUT2D eigenvalue weighted by molar-refractivity contribution is -0.123. The lowest BCUT2D eigenvalue weighted by atomic mass is 10.1. The van der Waals surface area contributed by atoms with Crippen LogP contribution in [-0.4, -0.2) is 28.0 Å². The highest BCUT2D eigenvalue weighted by atomic mass is 16.5. The van der Waals surface area contributed by atoms with E-state index in [0.717, 1.165) is 29.0 Å². The number of benzene rings is 1. The molecule has 2 aromatic rings. The van der Waals surface area contributed by atoms with Gasteiger partial charge in [0, 0.05) is 13.2 Å². The highest BCUT2D eigenvalue weighted by Gasteiger charge is 2.08. The summed E-state index contributed by atoms with van der Waals surface area (Å²) in [5.41, 5.74) is 6.01. The largest absolute Gasteiger partial charge is 0.483 e. The number of amides is 1. The molecule has 0 saturated carbocycles. The summed E-state index contributed by atoms with van der Waals surface area (Å²) in [6.07, 6.45) is 2.76. The molecule has 1 heterocycles. The molecule has 0 atom stereocenters. The van der Waals surface area contributed by atoms with E-state index in [1.54, 1.807) is 4.68 Å². The molecule has 1 aromatic carbocycles. The second kappa shape index (κ2) is 7.58. The number of aryl methyl sites for hydroxylation is 3. The predicted molar refractivity (Wildman–Crippen MR) is 89.6 cm³/mol. The van der Waals surface area contributed by atoms with Gasteiger partial charge in [-0.15, -0.1) is 0 Å². The van der Waals surface area contributed by atoms with E-state index in [-0.39, 0.29) is 12.5 Å².